The predicted molar refractivity (Wildman–Crippen MR) is 109 cm³/mol. The first kappa shape index (κ1) is 20.3. The van der Waals surface area contributed by atoms with E-state index >= 15 is 0 Å². The fourth-order valence-electron chi connectivity index (χ4n) is 3.60. The number of aliphatic carboxylic acids is 1. The van der Waals surface area contributed by atoms with Gasteiger partial charge in [0.1, 0.15) is 0 Å². The Balaban J connectivity index is 2.14. The van der Waals surface area contributed by atoms with Crippen molar-refractivity contribution >= 4 is 16.0 Å². The molecule has 0 fully saturated rings. The van der Waals surface area contributed by atoms with Crippen LogP contribution in [-0.2, 0) is 21.2 Å². The van der Waals surface area contributed by atoms with Crippen LogP contribution < -0.4 is 0 Å². The molecule has 3 rings (SSSR count). The number of aryl methyl sites for hydroxylation is 2. The quantitative estimate of drug-likeness (QED) is 0.794. The molecule has 2 atom stereocenters. The third-order valence-electron chi connectivity index (χ3n) is 5.21. The van der Waals surface area contributed by atoms with E-state index in [0.717, 1.165) is 17.5 Å². The van der Waals surface area contributed by atoms with Crippen LogP contribution in [0, 0.1) is 6.92 Å². The molecule has 0 unspecified atom stereocenters. The number of hydrogen-bond acceptors (Lipinski definition) is 3. The second kappa shape index (κ2) is 7.89. The summed E-state index contributed by atoms with van der Waals surface area (Å²) in [6, 6.07) is 12.8. The summed E-state index contributed by atoms with van der Waals surface area (Å²) in [7, 11) is -3.88. The summed E-state index contributed by atoms with van der Waals surface area (Å²) in [5.41, 5.74) is 2.84. The number of carbonyl (C=O) groups is 1. The summed E-state index contributed by atoms with van der Waals surface area (Å²) >= 11 is 0. The number of nitrogens with zero attached hydrogens (tertiary/aromatic N) is 1. The molecule has 0 aliphatic carbocycles. The largest absolute Gasteiger partial charge is 0.478 e. The SMILES string of the molecule is CCc1ccc([C@H]2C(C(=O)O)=C[C@@H](CC)N2S(=O)(=O)c2ccc(C)cc2)cc1. The van der Waals surface area contributed by atoms with Crippen molar-refractivity contribution in [2.24, 2.45) is 0 Å². The third-order valence-corrected chi connectivity index (χ3v) is 7.12. The molecule has 148 valence electrons. The Morgan fingerprint density at radius 2 is 1.64 bits per heavy atom. The lowest BCUT2D eigenvalue weighted by atomic mass is 9.99. The molecule has 2 aromatic rings. The maximum atomic E-state index is 13.5. The van der Waals surface area contributed by atoms with E-state index in [4.69, 9.17) is 0 Å². The number of rotatable bonds is 6. The molecule has 28 heavy (non-hydrogen) atoms. The Morgan fingerprint density at radius 1 is 1.04 bits per heavy atom. The molecule has 0 radical (unpaired) electrons. The zero-order chi connectivity index (χ0) is 20.5. The van der Waals surface area contributed by atoms with E-state index < -0.39 is 28.1 Å². The van der Waals surface area contributed by atoms with Crippen molar-refractivity contribution in [3.8, 4) is 0 Å². The van der Waals surface area contributed by atoms with Crippen molar-refractivity contribution in [2.75, 3.05) is 0 Å². The van der Waals surface area contributed by atoms with E-state index in [1.165, 1.54) is 4.31 Å². The van der Waals surface area contributed by atoms with E-state index in [-0.39, 0.29) is 10.5 Å². The third kappa shape index (κ3) is 3.62. The second-order valence-corrected chi connectivity index (χ2v) is 8.89. The molecular weight excluding hydrogens is 374 g/mol. The van der Waals surface area contributed by atoms with Crippen LogP contribution in [0.1, 0.15) is 43.0 Å². The van der Waals surface area contributed by atoms with Crippen LogP contribution >= 0.6 is 0 Å². The van der Waals surface area contributed by atoms with E-state index in [2.05, 4.69) is 0 Å². The monoisotopic (exact) mass is 399 g/mol. The molecular formula is C22H25NO4S. The van der Waals surface area contributed by atoms with Gasteiger partial charge < -0.3 is 5.11 Å². The first-order valence-corrected chi connectivity index (χ1v) is 10.9. The molecule has 0 amide bonds. The number of carboxylic acid groups (broad SMARTS) is 1. The zero-order valence-corrected chi connectivity index (χ0v) is 17.1. The van der Waals surface area contributed by atoms with Crippen LogP contribution in [-0.4, -0.2) is 29.8 Å². The van der Waals surface area contributed by atoms with Gasteiger partial charge in [-0.2, -0.15) is 4.31 Å². The Bertz CT molecular complexity index is 992. The van der Waals surface area contributed by atoms with Crippen LogP contribution in [0.4, 0.5) is 0 Å². The van der Waals surface area contributed by atoms with Gasteiger partial charge in [-0.1, -0.05) is 61.9 Å². The van der Waals surface area contributed by atoms with Gasteiger partial charge in [0.05, 0.1) is 16.5 Å². The highest BCUT2D eigenvalue weighted by Gasteiger charge is 2.45. The second-order valence-electron chi connectivity index (χ2n) is 7.05. The van der Waals surface area contributed by atoms with Gasteiger partial charge in [0.15, 0.2) is 0 Å². The highest BCUT2D eigenvalue weighted by atomic mass is 32.2. The van der Waals surface area contributed by atoms with E-state index in [1.807, 2.05) is 45.0 Å². The maximum absolute atomic E-state index is 13.5. The highest BCUT2D eigenvalue weighted by molar-refractivity contribution is 7.89. The topological polar surface area (TPSA) is 74.7 Å². The molecule has 0 spiro atoms. The van der Waals surface area contributed by atoms with Crippen molar-refractivity contribution < 1.29 is 18.3 Å². The molecule has 1 aliphatic heterocycles. The van der Waals surface area contributed by atoms with Crippen LogP contribution in [0.5, 0.6) is 0 Å². The molecule has 1 aliphatic rings. The smallest absolute Gasteiger partial charge is 0.333 e. The van der Waals surface area contributed by atoms with Gasteiger partial charge in [0.2, 0.25) is 10.0 Å². The standard InChI is InChI=1S/C22H25NO4S/c1-4-16-8-10-17(11-9-16)21-20(22(24)25)14-18(5-2)23(21)28(26,27)19-12-6-15(3)7-13-19/h6-14,18,21H,4-5H2,1-3H3,(H,24,25)/t18-,21+/m1/s1. The van der Waals surface area contributed by atoms with Gasteiger partial charge in [-0.25, -0.2) is 13.2 Å². The fraction of sp³-hybridized carbons (Fsp3) is 0.318. The van der Waals surface area contributed by atoms with Gasteiger partial charge in [-0.15, -0.1) is 0 Å². The molecule has 1 heterocycles. The summed E-state index contributed by atoms with van der Waals surface area (Å²) in [5.74, 6) is -1.09. The summed E-state index contributed by atoms with van der Waals surface area (Å²) in [6.45, 7) is 5.79. The zero-order valence-electron chi connectivity index (χ0n) is 16.3. The lowest BCUT2D eigenvalue weighted by molar-refractivity contribution is -0.133. The minimum absolute atomic E-state index is 0.104. The summed E-state index contributed by atoms with van der Waals surface area (Å²) in [6.07, 6.45) is 2.92. The number of sulfonamides is 1. The van der Waals surface area contributed by atoms with Crippen LogP contribution in [0.3, 0.4) is 0 Å². The van der Waals surface area contributed by atoms with Crippen molar-refractivity contribution in [2.45, 2.75) is 50.6 Å². The Labute approximate surface area is 166 Å². The van der Waals surface area contributed by atoms with Crippen molar-refractivity contribution in [3.05, 3.63) is 76.9 Å². The first-order valence-electron chi connectivity index (χ1n) is 9.43. The van der Waals surface area contributed by atoms with Gasteiger partial charge >= 0.3 is 5.97 Å². The van der Waals surface area contributed by atoms with Gasteiger partial charge in [0.25, 0.3) is 0 Å². The summed E-state index contributed by atoms with van der Waals surface area (Å²) in [5, 5.41) is 9.76. The lowest BCUT2D eigenvalue weighted by Crippen LogP contribution is -2.38. The normalized spacial score (nSPS) is 20.2. The lowest BCUT2D eigenvalue weighted by Gasteiger charge is -2.30. The average Bonchev–Trinajstić information content (AvgIpc) is 3.09. The molecule has 1 N–H and O–H groups in total. The van der Waals surface area contributed by atoms with Gasteiger partial charge in [0, 0.05) is 6.04 Å². The molecule has 6 heteroatoms. The number of benzene rings is 2. The van der Waals surface area contributed by atoms with Crippen molar-refractivity contribution in [1.82, 2.24) is 4.31 Å². The number of hydrogen-bond donors (Lipinski definition) is 1. The Hall–Kier alpha value is -2.44. The first-order chi connectivity index (χ1) is 13.3. The summed E-state index contributed by atoms with van der Waals surface area (Å²) < 4.78 is 28.3. The fourth-order valence-corrected chi connectivity index (χ4v) is 5.40. The van der Waals surface area contributed by atoms with Gasteiger partial charge in [-0.05, 0) is 43.0 Å². The molecule has 0 aromatic heterocycles. The highest BCUT2D eigenvalue weighted by Crippen LogP contribution is 2.42. The Morgan fingerprint density at radius 3 is 2.14 bits per heavy atom. The predicted octanol–water partition coefficient (Wildman–Crippen LogP) is 4.09. The number of carboxylic acids is 1. The van der Waals surface area contributed by atoms with E-state index in [9.17, 15) is 18.3 Å². The molecule has 0 bridgehead atoms. The molecule has 0 saturated heterocycles. The molecule has 0 saturated carbocycles. The Kier molecular flexibility index (Phi) is 5.72. The van der Waals surface area contributed by atoms with Crippen molar-refractivity contribution in [3.63, 3.8) is 0 Å². The van der Waals surface area contributed by atoms with Gasteiger partial charge in [-0.3, -0.25) is 0 Å². The summed E-state index contributed by atoms with van der Waals surface area (Å²) in [4.78, 5) is 12.1. The van der Waals surface area contributed by atoms with E-state index in [1.54, 1.807) is 30.3 Å². The molecule has 5 nitrogen and oxygen atoms in total. The minimum Gasteiger partial charge on any atom is -0.478 e. The van der Waals surface area contributed by atoms with Crippen molar-refractivity contribution in [1.29, 1.82) is 0 Å². The molecule has 2 aromatic carbocycles. The van der Waals surface area contributed by atoms with Crippen LogP contribution in [0.15, 0.2) is 65.1 Å². The minimum atomic E-state index is -3.88. The van der Waals surface area contributed by atoms with E-state index in [0.29, 0.717) is 12.0 Å². The maximum Gasteiger partial charge on any atom is 0.333 e. The van der Waals surface area contributed by atoms with Crippen LogP contribution in [0.2, 0.25) is 0 Å². The van der Waals surface area contributed by atoms with Crippen LogP contribution in [0.25, 0.3) is 0 Å². The average molecular weight is 400 g/mol.